The summed E-state index contributed by atoms with van der Waals surface area (Å²) in [6.45, 7) is 2.36. The summed E-state index contributed by atoms with van der Waals surface area (Å²) in [5.74, 6) is 3.15. The van der Waals surface area contributed by atoms with Crippen molar-refractivity contribution in [1.82, 2.24) is 10.6 Å². The molecule has 0 unspecified atom stereocenters. The van der Waals surface area contributed by atoms with Crippen LogP contribution in [-0.2, 0) is 17.8 Å². The number of methoxy groups -OCH3 is 2. The van der Waals surface area contributed by atoms with Crippen molar-refractivity contribution in [2.75, 3.05) is 34.5 Å². The number of halogens is 1. The third-order valence-electron chi connectivity index (χ3n) is 5.48. The minimum absolute atomic E-state index is 0. The molecule has 1 aliphatic rings. The summed E-state index contributed by atoms with van der Waals surface area (Å²) in [4.78, 5) is 4.34. The largest absolute Gasteiger partial charge is 0.493 e. The van der Waals surface area contributed by atoms with Crippen molar-refractivity contribution in [2.45, 2.75) is 44.9 Å². The number of nitrogens with one attached hydrogen (secondary N) is 2. The lowest BCUT2D eigenvalue weighted by atomic mass is 10.1. The molecule has 1 aliphatic carbocycles. The molecule has 0 atom stereocenters. The molecule has 3 rings (SSSR count). The van der Waals surface area contributed by atoms with Crippen LogP contribution in [0.15, 0.2) is 47.5 Å². The van der Waals surface area contributed by atoms with E-state index in [9.17, 15) is 0 Å². The Bertz CT molecular complexity index is 855. The molecule has 0 radical (unpaired) electrons. The number of ether oxygens (including phenoxy) is 4. The minimum Gasteiger partial charge on any atom is -0.493 e. The number of guanidine groups is 1. The molecule has 0 bridgehead atoms. The number of benzene rings is 2. The Hall–Kier alpha value is -2.20. The zero-order valence-corrected chi connectivity index (χ0v) is 22.1. The molecule has 2 aromatic carbocycles. The van der Waals surface area contributed by atoms with Crippen LogP contribution in [0.5, 0.6) is 17.2 Å². The van der Waals surface area contributed by atoms with Gasteiger partial charge < -0.3 is 29.6 Å². The molecule has 0 heterocycles. The number of hydrogen-bond acceptors (Lipinski definition) is 5. The Morgan fingerprint density at radius 2 is 1.70 bits per heavy atom. The zero-order valence-electron chi connectivity index (χ0n) is 19.8. The first-order chi connectivity index (χ1) is 15.7. The molecule has 2 aromatic rings. The SMILES string of the molecule is CN=C(NCc1ccc(OCCOC)cc1)NCc1cccc(OC)c1OC1CCCC1.I. The third kappa shape index (κ3) is 8.58. The molecule has 0 amide bonds. The Balaban J connectivity index is 0.00000385. The fourth-order valence-corrected chi connectivity index (χ4v) is 3.70. The topological polar surface area (TPSA) is 73.3 Å². The summed E-state index contributed by atoms with van der Waals surface area (Å²) in [7, 11) is 5.11. The minimum atomic E-state index is 0. The first kappa shape index (κ1) is 27.0. The van der Waals surface area contributed by atoms with Crippen LogP contribution >= 0.6 is 24.0 Å². The third-order valence-corrected chi connectivity index (χ3v) is 5.48. The van der Waals surface area contributed by atoms with Gasteiger partial charge in [-0.05, 0) is 49.4 Å². The molecule has 0 spiro atoms. The van der Waals surface area contributed by atoms with Gasteiger partial charge in [0.05, 0.1) is 19.8 Å². The predicted octanol–water partition coefficient (Wildman–Crippen LogP) is 4.53. The van der Waals surface area contributed by atoms with Crippen LogP contribution in [0.3, 0.4) is 0 Å². The summed E-state index contributed by atoms with van der Waals surface area (Å²) in [6, 6.07) is 14.0. The number of hydrogen-bond donors (Lipinski definition) is 2. The highest BCUT2D eigenvalue weighted by molar-refractivity contribution is 14.0. The number of para-hydroxylation sites is 1. The predicted molar refractivity (Wildman–Crippen MR) is 142 cm³/mol. The smallest absolute Gasteiger partial charge is 0.191 e. The Labute approximate surface area is 214 Å². The average Bonchev–Trinajstić information content (AvgIpc) is 3.34. The van der Waals surface area contributed by atoms with Crippen molar-refractivity contribution >= 4 is 29.9 Å². The van der Waals surface area contributed by atoms with E-state index in [-0.39, 0.29) is 30.1 Å². The molecule has 1 saturated carbocycles. The van der Waals surface area contributed by atoms with E-state index < -0.39 is 0 Å². The van der Waals surface area contributed by atoms with Crippen molar-refractivity contribution in [3.63, 3.8) is 0 Å². The van der Waals surface area contributed by atoms with Crippen molar-refractivity contribution in [3.05, 3.63) is 53.6 Å². The second-order valence-corrected chi connectivity index (χ2v) is 7.74. The molecular formula is C25H36IN3O4. The Kier molecular flexibility index (Phi) is 12.2. The summed E-state index contributed by atoms with van der Waals surface area (Å²) >= 11 is 0. The van der Waals surface area contributed by atoms with E-state index in [0.717, 1.165) is 47.2 Å². The number of rotatable bonds is 11. The maximum atomic E-state index is 6.33. The van der Waals surface area contributed by atoms with E-state index in [1.54, 1.807) is 21.3 Å². The van der Waals surface area contributed by atoms with Crippen LogP contribution in [0.25, 0.3) is 0 Å². The van der Waals surface area contributed by atoms with Crippen LogP contribution in [0.4, 0.5) is 0 Å². The average molecular weight is 569 g/mol. The van der Waals surface area contributed by atoms with Gasteiger partial charge in [-0.3, -0.25) is 4.99 Å². The molecule has 0 aromatic heterocycles. The van der Waals surface area contributed by atoms with Gasteiger partial charge in [-0.2, -0.15) is 0 Å². The van der Waals surface area contributed by atoms with Gasteiger partial charge in [-0.25, -0.2) is 0 Å². The second-order valence-electron chi connectivity index (χ2n) is 7.74. The lowest BCUT2D eigenvalue weighted by molar-refractivity contribution is 0.146. The van der Waals surface area contributed by atoms with Crippen molar-refractivity contribution in [1.29, 1.82) is 0 Å². The van der Waals surface area contributed by atoms with Gasteiger partial charge in [0.15, 0.2) is 17.5 Å². The number of nitrogens with zero attached hydrogens (tertiary/aromatic N) is 1. The van der Waals surface area contributed by atoms with Crippen molar-refractivity contribution in [2.24, 2.45) is 4.99 Å². The van der Waals surface area contributed by atoms with Gasteiger partial charge >= 0.3 is 0 Å². The standard InChI is InChI=1S/C25H35N3O4.HI/c1-26-25(27-17-19-11-13-21(14-12-19)31-16-15-29-2)28-18-20-7-6-10-23(30-3)24(20)32-22-8-4-5-9-22;/h6-7,10-14,22H,4-5,8-9,15-18H2,1-3H3,(H2,26,27,28);1H. The summed E-state index contributed by atoms with van der Waals surface area (Å²) in [6.07, 6.45) is 4.92. The molecule has 0 aliphatic heterocycles. The highest BCUT2D eigenvalue weighted by atomic mass is 127. The van der Waals surface area contributed by atoms with Gasteiger partial charge in [0, 0.05) is 32.8 Å². The van der Waals surface area contributed by atoms with E-state index in [2.05, 4.69) is 21.7 Å². The van der Waals surface area contributed by atoms with Gasteiger partial charge in [0.25, 0.3) is 0 Å². The summed E-state index contributed by atoms with van der Waals surface area (Å²) < 4.78 is 22.5. The van der Waals surface area contributed by atoms with Crippen LogP contribution in [0.2, 0.25) is 0 Å². The molecule has 8 heteroatoms. The monoisotopic (exact) mass is 569 g/mol. The molecule has 182 valence electrons. The normalized spacial score (nSPS) is 13.8. The van der Waals surface area contributed by atoms with E-state index >= 15 is 0 Å². The first-order valence-electron chi connectivity index (χ1n) is 11.2. The van der Waals surface area contributed by atoms with Crippen LogP contribution in [-0.4, -0.2) is 46.5 Å². The molecule has 0 saturated heterocycles. The zero-order chi connectivity index (χ0) is 22.6. The van der Waals surface area contributed by atoms with E-state index in [1.165, 1.54) is 12.8 Å². The van der Waals surface area contributed by atoms with Crippen LogP contribution < -0.4 is 24.8 Å². The van der Waals surface area contributed by atoms with E-state index in [4.69, 9.17) is 18.9 Å². The van der Waals surface area contributed by atoms with Gasteiger partial charge in [-0.15, -0.1) is 24.0 Å². The summed E-state index contributed by atoms with van der Waals surface area (Å²) in [5, 5.41) is 6.74. The molecular weight excluding hydrogens is 533 g/mol. The lowest BCUT2D eigenvalue weighted by Gasteiger charge is -2.20. The van der Waals surface area contributed by atoms with Crippen LogP contribution in [0.1, 0.15) is 36.8 Å². The van der Waals surface area contributed by atoms with Crippen molar-refractivity contribution in [3.8, 4) is 17.2 Å². The van der Waals surface area contributed by atoms with Gasteiger partial charge in [0.2, 0.25) is 0 Å². The molecule has 2 N–H and O–H groups in total. The molecule has 7 nitrogen and oxygen atoms in total. The van der Waals surface area contributed by atoms with Crippen LogP contribution in [0, 0.1) is 0 Å². The molecule has 1 fully saturated rings. The highest BCUT2D eigenvalue weighted by Crippen LogP contribution is 2.34. The highest BCUT2D eigenvalue weighted by Gasteiger charge is 2.20. The first-order valence-corrected chi connectivity index (χ1v) is 11.2. The quantitative estimate of drug-likeness (QED) is 0.180. The summed E-state index contributed by atoms with van der Waals surface area (Å²) in [5.41, 5.74) is 2.19. The number of aliphatic imine (C=N–C) groups is 1. The Morgan fingerprint density at radius 1 is 0.970 bits per heavy atom. The lowest BCUT2D eigenvalue weighted by Crippen LogP contribution is -2.36. The maximum Gasteiger partial charge on any atom is 0.191 e. The van der Waals surface area contributed by atoms with Crippen molar-refractivity contribution < 1.29 is 18.9 Å². The van der Waals surface area contributed by atoms with Gasteiger partial charge in [-0.1, -0.05) is 24.3 Å². The van der Waals surface area contributed by atoms with E-state index in [0.29, 0.717) is 26.3 Å². The van der Waals surface area contributed by atoms with E-state index in [1.807, 2.05) is 36.4 Å². The fraction of sp³-hybridized carbons (Fsp3) is 0.480. The molecule has 33 heavy (non-hydrogen) atoms. The maximum absolute atomic E-state index is 6.33. The second kappa shape index (κ2) is 14.8. The Morgan fingerprint density at radius 3 is 2.36 bits per heavy atom. The fourth-order valence-electron chi connectivity index (χ4n) is 3.70. The van der Waals surface area contributed by atoms with Gasteiger partial charge in [0.1, 0.15) is 12.4 Å².